The smallest absolute Gasteiger partial charge is 0.0456 e. The second kappa shape index (κ2) is 5.31. The maximum Gasteiger partial charge on any atom is 0.0456 e. The van der Waals surface area contributed by atoms with Crippen LogP contribution in [0.25, 0.3) is 10.9 Å². The molecule has 3 aromatic rings. The number of aromatic nitrogens is 1. The molecule has 0 aliphatic carbocycles. The van der Waals surface area contributed by atoms with E-state index in [1.165, 1.54) is 27.6 Å². The van der Waals surface area contributed by atoms with Gasteiger partial charge in [-0.15, -0.1) is 0 Å². The molecule has 0 saturated heterocycles. The summed E-state index contributed by atoms with van der Waals surface area (Å²) in [6.45, 7) is 2.20. The van der Waals surface area contributed by atoms with Gasteiger partial charge < -0.3 is 4.98 Å². The predicted molar refractivity (Wildman–Crippen MR) is 81.5 cm³/mol. The quantitative estimate of drug-likeness (QED) is 0.700. The number of aryl methyl sites for hydroxylation is 3. The molecule has 3 rings (SSSR count). The fourth-order valence-corrected chi connectivity index (χ4v) is 2.56. The molecule has 96 valence electrons. The third-order valence-corrected chi connectivity index (χ3v) is 3.79. The molecule has 0 bridgehead atoms. The van der Waals surface area contributed by atoms with Gasteiger partial charge in [-0.2, -0.15) is 0 Å². The zero-order chi connectivity index (χ0) is 13.1. The van der Waals surface area contributed by atoms with Gasteiger partial charge in [0.2, 0.25) is 0 Å². The van der Waals surface area contributed by atoms with Crippen LogP contribution in [0.4, 0.5) is 0 Å². The fourth-order valence-electron chi connectivity index (χ4n) is 2.56. The van der Waals surface area contributed by atoms with Crippen LogP contribution < -0.4 is 0 Å². The number of fused-ring (bicyclic) bond motifs is 1. The van der Waals surface area contributed by atoms with E-state index in [2.05, 4.69) is 66.6 Å². The molecule has 1 aromatic heterocycles. The molecule has 19 heavy (non-hydrogen) atoms. The Bertz CT molecular complexity index is 661. The summed E-state index contributed by atoms with van der Waals surface area (Å²) in [5.41, 5.74) is 5.48. The van der Waals surface area contributed by atoms with Crippen molar-refractivity contribution in [2.75, 3.05) is 0 Å². The van der Waals surface area contributed by atoms with Gasteiger partial charge in [-0.1, -0.05) is 49.4 Å². The Morgan fingerprint density at radius 3 is 2.37 bits per heavy atom. The van der Waals surface area contributed by atoms with Gasteiger partial charge in [0.1, 0.15) is 0 Å². The summed E-state index contributed by atoms with van der Waals surface area (Å²) in [7, 11) is 0. The van der Waals surface area contributed by atoms with E-state index in [0.29, 0.717) is 0 Å². The summed E-state index contributed by atoms with van der Waals surface area (Å²) < 4.78 is 0. The summed E-state index contributed by atoms with van der Waals surface area (Å²) in [5, 5.41) is 1.35. The van der Waals surface area contributed by atoms with E-state index in [9.17, 15) is 0 Å². The number of aromatic amines is 1. The largest absolute Gasteiger partial charge is 0.361 e. The van der Waals surface area contributed by atoms with Gasteiger partial charge >= 0.3 is 0 Å². The average molecular weight is 249 g/mol. The molecule has 0 fully saturated rings. The first-order valence-corrected chi connectivity index (χ1v) is 6.99. The number of hydrogen-bond donors (Lipinski definition) is 1. The zero-order valence-electron chi connectivity index (χ0n) is 11.3. The maximum atomic E-state index is 3.34. The summed E-state index contributed by atoms with van der Waals surface area (Å²) in [5.74, 6) is 0. The highest BCUT2D eigenvalue weighted by molar-refractivity contribution is 5.83. The van der Waals surface area contributed by atoms with Gasteiger partial charge in [0.05, 0.1) is 0 Å². The van der Waals surface area contributed by atoms with Crippen LogP contribution in [-0.2, 0) is 19.3 Å². The van der Waals surface area contributed by atoms with Crippen molar-refractivity contribution in [3.05, 3.63) is 71.4 Å². The van der Waals surface area contributed by atoms with Crippen molar-refractivity contribution in [1.82, 2.24) is 4.98 Å². The second-order valence-electron chi connectivity index (χ2n) is 5.03. The Morgan fingerprint density at radius 1 is 0.842 bits per heavy atom. The lowest BCUT2D eigenvalue weighted by Gasteiger charge is -2.02. The molecular formula is C18H19N. The molecule has 1 nitrogen and oxygen atoms in total. The van der Waals surface area contributed by atoms with E-state index in [4.69, 9.17) is 0 Å². The minimum Gasteiger partial charge on any atom is -0.361 e. The van der Waals surface area contributed by atoms with Gasteiger partial charge in [-0.05, 0) is 42.0 Å². The van der Waals surface area contributed by atoms with Gasteiger partial charge in [0, 0.05) is 17.1 Å². The van der Waals surface area contributed by atoms with E-state index < -0.39 is 0 Å². The first-order valence-electron chi connectivity index (χ1n) is 6.99. The molecule has 1 heteroatoms. The van der Waals surface area contributed by atoms with Gasteiger partial charge in [-0.25, -0.2) is 0 Å². The van der Waals surface area contributed by atoms with Crippen molar-refractivity contribution >= 4 is 10.9 Å². The molecule has 2 aromatic carbocycles. The van der Waals surface area contributed by atoms with E-state index in [1.807, 2.05) is 0 Å². The Morgan fingerprint density at radius 2 is 1.58 bits per heavy atom. The van der Waals surface area contributed by atoms with Crippen LogP contribution in [0.5, 0.6) is 0 Å². The molecule has 0 aliphatic rings. The Balaban J connectivity index is 1.74. The van der Waals surface area contributed by atoms with Crippen molar-refractivity contribution in [2.24, 2.45) is 0 Å². The molecule has 0 saturated carbocycles. The highest BCUT2D eigenvalue weighted by atomic mass is 14.7. The van der Waals surface area contributed by atoms with Crippen LogP contribution in [0, 0.1) is 0 Å². The Labute approximate surface area is 114 Å². The van der Waals surface area contributed by atoms with Crippen LogP contribution in [0.1, 0.15) is 23.6 Å². The molecule has 0 radical (unpaired) electrons. The number of hydrogen-bond acceptors (Lipinski definition) is 0. The van der Waals surface area contributed by atoms with Gasteiger partial charge in [0.15, 0.2) is 0 Å². The van der Waals surface area contributed by atoms with Crippen LogP contribution in [0.15, 0.2) is 54.7 Å². The monoisotopic (exact) mass is 249 g/mol. The van der Waals surface area contributed by atoms with Crippen LogP contribution in [0.2, 0.25) is 0 Å². The first-order chi connectivity index (χ1) is 9.36. The van der Waals surface area contributed by atoms with Crippen LogP contribution in [-0.4, -0.2) is 4.98 Å². The molecule has 0 unspecified atom stereocenters. The van der Waals surface area contributed by atoms with Crippen LogP contribution >= 0.6 is 0 Å². The Kier molecular flexibility index (Phi) is 3.37. The second-order valence-corrected chi connectivity index (χ2v) is 5.03. The summed E-state index contributed by atoms with van der Waals surface area (Å²) in [4.78, 5) is 3.34. The molecule has 0 amide bonds. The van der Waals surface area contributed by atoms with E-state index in [-0.39, 0.29) is 0 Å². The topological polar surface area (TPSA) is 15.8 Å². The maximum absolute atomic E-state index is 3.34. The number of H-pyrrole nitrogens is 1. The zero-order valence-corrected chi connectivity index (χ0v) is 11.3. The summed E-state index contributed by atoms with van der Waals surface area (Å²) in [6, 6.07) is 17.5. The lowest BCUT2D eigenvalue weighted by molar-refractivity contribution is 0.964. The average Bonchev–Trinajstić information content (AvgIpc) is 2.89. The highest BCUT2D eigenvalue weighted by Crippen LogP contribution is 2.19. The van der Waals surface area contributed by atoms with Crippen molar-refractivity contribution < 1.29 is 0 Å². The summed E-state index contributed by atoms with van der Waals surface area (Å²) in [6.07, 6.45) is 5.45. The molecule has 1 heterocycles. The highest BCUT2D eigenvalue weighted by Gasteiger charge is 2.03. The SMILES string of the molecule is CCc1ccc(CCc2c[nH]c3ccccc23)cc1. The van der Waals surface area contributed by atoms with Gasteiger partial charge in [-0.3, -0.25) is 0 Å². The number of para-hydroxylation sites is 1. The first kappa shape index (κ1) is 12.0. The Hall–Kier alpha value is -2.02. The lowest BCUT2D eigenvalue weighted by atomic mass is 10.0. The predicted octanol–water partition coefficient (Wildman–Crippen LogP) is 4.52. The number of rotatable bonds is 4. The van der Waals surface area contributed by atoms with Crippen molar-refractivity contribution in [3.63, 3.8) is 0 Å². The fraction of sp³-hybridized carbons (Fsp3) is 0.222. The number of benzene rings is 2. The molecular weight excluding hydrogens is 230 g/mol. The molecule has 0 aliphatic heterocycles. The van der Waals surface area contributed by atoms with E-state index >= 15 is 0 Å². The molecule has 1 N–H and O–H groups in total. The van der Waals surface area contributed by atoms with E-state index in [0.717, 1.165) is 19.3 Å². The van der Waals surface area contributed by atoms with Crippen molar-refractivity contribution in [1.29, 1.82) is 0 Å². The normalized spacial score (nSPS) is 11.0. The third kappa shape index (κ3) is 2.55. The minimum atomic E-state index is 1.09. The minimum absolute atomic E-state index is 1.09. The summed E-state index contributed by atoms with van der Waals surface area (Å²) >= 11 is 0. The van der Waals surface area contributed by atoms with Crippen LogP contribution in [0.3, 0.4) is 0 Å². The van der Waals surface area contributed by atoms with Crippen molar-refractivity contribution in [2.45, 2.75) is 26.2 Å². The van der Waals surface area contributed by atoms with Gasteiger partial charge in [0.25, 0.3) is 0 Å². The third-order valence-electron chi connectivity index (χ3n) is 3.79. The molecule has 0 spiro atoms. The number of nitrogens with one attached hydrogen (secondary N) is 1. The lowest BCUT2D eigenvalue weighted by Crippen LogP contribution is -1.91. The van der Waals surface area contributed by atoms with E-state index in [1.54, 1.807) is 0 Å². The van der Waals surface area contributed by atoms with Crippen molar-refractivity contribution in [3.8, 4) is 0 Å². The molecule has 0 atom stereocenters. The standard InChI is InChI=1S/C18H19N/c1-2-14-7-9-15(10-8-14)11-12-16-13-19-18-6-4-3-5-17(16)18/h3-10,13,19H,2,11-12H2,1H3.